The molecule has 1 aromatic rings. The summed E-state index contributed by atoms with van der Waals surface area (Å²) in [5, 5.41) is 10.1. The van der Waals surface area contributed by atoms with Gasteiger partial charge in [-0.2, -0.15) is 4.31 Å². The number of sulfonamides is 1. The molecule has 0 spiro atoms. The lowest BCUT2D eigenvalue weighted by atomic mass is 9.97. The zero-order chi connectivity index (χ0) is 15.0. The maximum Gasteiger partial charge on any atom is 0.246 e. The maximum atomic E-state index is 12.7. The quantitative estimate of drug-likeness (QED) is 0.891. The van der Waals surface area contributed by atoms with Crippen molar-refractivity contribution in [2.45, 2.75) is 30.3 Å². The van der Waals surface area contributed by atoms with Crippen LogP contribution in [0.5, 0.6) is 5.75 Å². The van der Waals surface area contributed by atoms with Crippen LogP contribution in [0.25, 0.3) is 0 Å². The van der Waals surface area contributed by atoms with Crippen molar-refractivity contribution in [3.8, 4) is 5.75 Å². The minimum Gasteiger partial charge on any atom is -0.495 e. The summed E-state index contributed by atoms with van der Waals surface area (Å²) in [6.45, 7) is 2.17. The van der Waals surface area contributed by atoms with Gasteiger partial charge in [0.15, 0.2) is 0 Å². The largest absolute Gasteiger partial charge is 0.495 e. The van der Waals surface area contributed by atoms with Gasteiger partial charge in [0.05, 0.1) is 12.7 Å². The predicted molar refractivity (Wildman–Crippen MR) is 79.3 cm³/mol. The Bertz CT molecular complexity index is 600. The van der Waals surface area contributed by atoms with Gasteiger partial charge in [0.2, 0.25) is 10.0 Å². The number of β-amino-alcohol motifs (C(OH)–C–C–N with tert-alkyl or cyclic N) is 1. The Morgan fingerprint density at radius 3 is 2.75 bits per heavy atom. The van der Waals surface area contributed by atoms with Crippen LogP contribution in [-0.2, 0) is 10.0 Å². The van der Waals surface area contributed by atoms with Crippen LogP contribution in [-0.4, -0.2) is 43.6 Å². The summed E-state index contributed by atoms with van der Waals surface area (Å²) in [5.74, 6) is 0.304. The van der Waals surface area contributed by atoms with Gasteiger partial charge >= 0.3 is 0 Å². The Labute approximate surface area is 127 Å². The van der Waals surface area contributed by atoms with Crippen LogP contribution in [0.15, 0.2) is 27.6 Å². The van der Waals surface area contributed by atoms with Gasteiger partial charge in [-0.05, 0) is 38.0 Å². The first-order valence-electron chi connectivity index (χ1n) is 6.32. The highest BCUT2D eigenvalue weighted by atomic mass is 79.9. The van der Waals surface area contributed by atoms with Crippen molar-refractivity contribution in [1.29, 1.82) is 0 Å². The number of hydrogen-bond donors (Lipinski definition) is 1. The number of benzene rings is 1. The molecule has 1 saturated heterocycles. The van der Waals surface area contributed by atoms with Gasteiger partial charge in [0.25, 0.3) is 0 Å². The molecule has 0 radical (unpaired) electrons. The number of rotatable bonds is 3. The van der Waals surface area contributed by atoms with Crippen LogP contribution >= 0.6 is 15.9 Å². The van der Waals surface area contributed by atoms with Crippen LogP contribution in [0, 0.1) is 0 Å². The van der Waals surface area contributed by atoms with E-state index in [1.165, 1.54) is 17.5 Å². The van der Waals surface area contributed by atoms with Crippen LogP contribution in [0.3, 0.4) is 0 Å². The molecule has 1 fully saturated rings. The number of aliphatic hydroxyl groups is 1. The summed E-state index contributed by atoms with van der Waals surface area (Å²) in [5.41, 5.74) is -0.982. The van der Waals surface area contributed by atoms with Crippen molar-refractivity contribution in [1.82, 2.24) is 4.31 Å². The maximum absolute atomic E-state index is 12.7. The second-order valence-corrected chi connectivity index (χ2v) is 8.06. The number of hydrogen-bond acceptors (Lipinski definition) is 4. The third-order valence-electron chi connectivity index (χ3n) is 3.38. The topological polar surface area (TPSA) is 66.8 Å². The van der Waals surface area contributed by atoms with Crippen molar-refractivity contribution < 1.29 is 18.3 Å². The number of nitrogens with zero attached hydrogens (tertiary/aromatic N) is 1. The fraction of sp³-hybridized carbons (Fsp3) is 0.538. The Balaban J connectivity index is 2.42. The molecule has 0 aromatic heterocycles. The van der Waals surface area contributed by atoms with E-state index in [-0.39, 0.29) is 11.4 Å². The van der Waals surface area contributed by atoms with E-state index >= 15 is 0 Å². The van der Waals surface area contributed by atoms with E-state index < -0.39 is 15.6 Å². The van der Waals surface area contributed by atoms with Gasteiger partial charge in [-0.1, -0.05) is 15.9 Å². The van der Waals surface area contributed by atoms with Crippen molar-refractivity contribution in [2.75, 3.05) is 20.2 Å². The monoisotopic (exact) mass is 363 g/mol. The first-order valence-corrected chi connectivity index (χ1v) is 8.56. The SMILES string of the molecule is COc1ccc(Br)cc1S(=O)(=O)N1CCCC(C)(O)C1. The zero-order valence-electron chi connectivity index (χ0n) is 11.5. The molecule has 1 aromatic carbocycles. The molecule has 5 nitrogen and oxygen atoms in total. The van der Waals surface area contributed by atoms with Crippen LogP contribution in [0.1, 0.15) is 19.8 Å². The first kappa shape index (κ1) is 15.8. The fourth-order valence-electron chi connectivity index (χ4n) is 2.37. The van der Waals surface area contributed by atoms with Gasteiger partial charge in [-0.3, -0.25) is 0 Å². The number of methoxy groups -OCH3 is 1. The molecule has 1 heterocycles. The molecule has 0 saturated carbocycles. The third-order valence-corrected chi connectivity index (χ3v) is 5.74. The molecular weight excluding hydrogens is 346 g/mol. The highest BCUT2D eigenvalue weighted by molar-refractivity contribution is 9.10. The van der Waals surface area contributed by atoms with Crippen LogP contribution in [0.2, 0.25) is 0 Å². The van der Waals surface area contributed by atoms with E-state index in [0.717, 1.165) is 0 Å². The zero-order valence-corrected chi connectivity index (χ0v) is 13.9. The van der Waals surface area contributed by atoms with E-state index in [1.54, 1.807) is 19.1 Å². The molecule has 0 aliphatic carbocycles. The molecule has 1 N–H and O–H groups in total. The molecule has 1 unspecified atom stereocenters. The summed E-state index contributed by atoms with van der Waals surface area (Å²) in [7, 11) is -2.24. The minimum absolute atomic E-state index is 0.102. The average Bonchev–Trinajstić information content (AvgIpc) is 2.37. The van der Waals surface area contributed by atoms with E-state index in [9.17, 15) is 13.5 Å². The summed E-state index contributed by atoms with van der Waals surface area (Å²) >= 11 is 3.28. The van der Waals surface area contributed by atoms with E-state index in [2.05, 4.69) is 15.9 Å². The molecule has 2 rings (SSSR count). The minimum atomic E-state index is -3.68. The highest BCUT2D eigenvalue weighted by Gasteiger charge is 2.36. The standard InChI is InChI=1S/C13H18BrNO4S/c1-13(16)6-3-7-15(9-13)20(17,18)12-8-10(14)4-5-11(12)19-2/h4-5,8,16H,3,6-7,9H2,1-2H3. The van der Waals surface area contributed by atoms with Crippen molar-refractivity contribution in [3.63, 3.8) is 0 Å². The number of piperidine rings is 1. The van der Waals surface area contributed by atoms with Crippen LogP contribution in [0.4, 0.5) is 0 Å². The van der Waals surface area contributed by atoms with Gasteiger partial charge in [-0.25, -0.2) is 8.42 Å². The van der Waals surface area contributed by atoms with E-state index in [1.807, 2.05) is 0 Å². The fourth-order valence-corrected chi connectivity index (χ4v) is 4.66. The summed E-state index contributed by atoms with van der Waals surface area (Å²) in [6, 6.07) is 4.86. The Morgan fingerprint density at radius 1 is 1.45 bits per heavy atom. The first-order chi connectivity index (χ1) is 9.26. The lowest BCUT2D eigenvalue weighted by Crippen LogP contribution is -2.48. The smallest absolute Gasteiger partial charge is 0.246 e. The third kappa shape index (κ3) is 3.16. The van der Waals surface area contributed by atoms with E-state index in [4.69, 9.17) is 4.74 Å². The molecule has 112 valence electrons. The van der Waals surface area contributed by atoms with Gasteiger partial charge in [0.1, 0.15) is 10.6 Å². The Kier molecular flexibility index (Phi) is 4.44. The molecule has 20 heavy (non-hydrogen) atoms. The normalized spacial score (nSPS) is 24.6. The van der Waals surface area contributed by atoms with Gasteiger partial charge < -0.3 is 9.84 Å². The molecule has 0 amide bonds. The summed E-state index contributed by atoms with van der Waals surface area (Å²) in [6.07, 6.45) is 1.25. The van der Waals surface area contributed by atoms with Crippen molar-refractivity contribution in [3.05, 3.63) is 22.7 Å². The molecule has 1 atom stereocenters. The average molecular weight is 364 g/mol. The lowest BCUT2D eigenvalue weighted by Gasteiger charge is -2.36. The molecule has 1 aliphatic heterocycles. The second-order valence-electron chi connectivity index (χ2n) is 5.23. The van der Waals surface area contributed by atoms with Gasteiger partial charge in [0, 0.05) is 17.6 Å². The highest BCUT2D eigenvalue weighted by Crippen LogP contribution is 2.32. The summed E-state index contributed by atoms with van der Waals surface area (Å²) in [4.78, 5) is 0.118. The van der Waals surface area contributed by atoms with Crippen molar-refractivity contribution >= 4 is 26.0 Å². The van der Waals surface area contributed by atoms with E-state index in [0.29, 0.717) is 29.6 Å². The Hall–Kier alpha value is -0.630. The molecule has 1 aliphatic rings. The van der Waals surface area contributed by atoms with Gasteiger partial charge in [-0.15, -0.1) is 0 Å². The second kappa shape index (κ2) is 5.63. The number of halogens is 1. The summed E-state index contributed by atoms with van der Waals surface area (Å²) < 4.78 is 32.6. The molecule has 7 heteroatoms. The van der Waals surface area contributed by atoms with Crippen molar-refractivity contribution in [2.24, 2.45) is 0 Å². The molecular formula is C13H18BrNO4S. The lowest BCUT2D eigenvalue weighted by molar-refractivity contribution is 0.00936. The molecule has 0 bridgehead atoms. The van der Waals surface area contributed by atoms with Crippen LogP contribution < -0.4 is 4.74 Å². The Morgan fingerprint density at radius 2 is 2.15 bits per heavy atom. The number of ether oxygens (including phenoxy) is 1. The predicted octanol–water partition coefficient (Wildman–Crippen LogP) is 1.99.